The molecule has 1 aromatic carbocycles. The Morgan fingerprint density at radius 2 is 1.94 bits per heavy atom. The Kier molecular flexibility index (Phi) is 8.84. The van der Waals surface area contributed by atoms with Crippen LogP contribution in [0.3, 0.4) is 0 Å². The largest absolute Gasteiger partial charge is 0.388 e. The number of aliphatic imine (C=N–C) groups is 1. The van der Waals surface area contributed by atoms with Gasteiger partial charge in [0.25, 0.3) is 5.91 Å². The maximum absolute atomic E-state index is 12.9. The van der Waals surface area contributed by atoms with E-state index in [-0.39, 0.29) is 11.8 Å². The molecule has 1 saturated heterocycles. The third-order valence-electron chi connectivity index (χ3n) is 5.29. The number of allylic oxidation sites excluding steroid dienone is 3. The van der Waals surface area contributed by atoms with E-state index in [1.54, 1.807) is 13.0 Å². The van der Waals surface area contributed by atoms with E-state index in [0.717, 1.165) is 11.1 Å². The molecule has 2 aliphatic rings. The Labute approximate surface area is 193 Å². The predicted molar refractivity (Wildman–Crippen MR) is 126 cm³/mol. The molecule has 32 heavy (non-hydrogen) atoms. The van der Waals surface area contributed by atoms with Crippen molar-refractivity contribution in [1.82, 2.24) is 15.8 Å². The van der Waals surface area contributed by atoms with E-state index in [2.05, 4.69) is 15.7 Å². The number of halogens is 1. The van der Waals surface area contributed by atoms with Crippen LogP contribution in [0, 0.1) is 0 Å². The Bertz CT molecular complexity index is 901. The molecule has 0 aromatic heterocycles. The standard InChI is InChI=1S/C23H30ClN5O3/c1-16(25)26-10-2-3-21(23(31)28-29-11-13-32-14-12-29)27-22(30)19-5-4-18(15-19)17-6-8-20(24)9-7-17/h4-9,21H,2-3,10-15H2,1H3,(H2,25,26)(H,27,30)(H,28,31). The second-order valence-electron chi connectivity index (χ2n) is 7.83. The lowest BCUT2D eigenvalue weighted by molar-refractivity contribution is -0.133. The zero-order valence-corrected chi connectivity index (χ0v) is 19.0. The third kappa shape index (κ3) is 7.19. The van der Waals surface area contributed by atoms with Crippen molar-refractivity contribution in [1.29, 1.82) is 0 Å². The van der Waals surface area contributed by atoms with Gasteiger partial charge >= 0.3 is 0 Å². The molecule has 1 atom stereocenters. The zero-order valence-electron chi connectivity index (χ0n) is 18.3. The average Bonchev–Trinajstić information content (AvgIpc) is 3.27. The van der Waals surface area contributed by atoms with Gasteiger partial charge < -0.3 is 15.8 Å². The number of nitrogens with two attached hydrogens (primary N) is 1. The number of amidine groups is 1. The Balaban J connectivity index is 1.58. The first-order valence-electron chi connectivity index (χ1n) is 10.8. The van der Waals surface area contributed by atoms with E-state index in [0.29, 0.717) is 68.5 Å². The molecule has 2 amide bonds. The highest BCUT2D eigenvalue weighted by Crippen LogP contribution is 2.29. The van der Waals surface area contributed by atoms with Gasteiger partial charge in [-0.15, -0.1) is 0 Å². The monoisotopic (exact) mass is 459 g/mol. The van der Waals surface area contributed by atoms with Gasteiger partial charge in [-0.05, 0) is 43.0 Å². The zero-order chi connectivity index (χ0) is 22.9. The number of nitrogens with zero attached hydrogens (tertiary/aromatic N) is 2. The number of carbonyl (C=O) groups is 2. The number of hydrogen-bond donors (Lipinski definition) is 3. The summed E-state index contributed by atoms with van der Waals surface area (Å²) in [7, 11) is 0. The lowest BCUT2D eigenvalue weighted by Gasteiger charge is -2.29. The summed E-state index contributed by atoms with van der Waals surface area (Å²) in [6.45, 7) is 4.58. The molecular formula is C23H30ClN5O3. The molecule has 1 fully saturated rings. The topological polar surface area (TPSA) is 109 Å². The van der Waals surface area contributed by atoms with Crippen LogP contribution in [0.2, 0.25) is 5.02 Å². The molecule has 4 N–H and O–H groups in total. The number of hydrazine groups is 1. The number of ether oxygens (including phenoxy) is 1. The number of nitrogens with one attached hydrogen (secondary N) is 2. The summed E-state index contributed by atoms with van der Waals surface area (Å²) >= 11 is 5.96. The number of amides is 2. The Morgan fingerprint density at radius 1 is 1.22 bits per heavy atom. The normalized spacial score (nSPS) is 18.0. The number of benzene rings is 1. The minimum atomic E-state index is -0.667. The third-order valence-corrected chi connectivity index (χ3v) is 5.54. The van der Waals surface area contributed by atoms with E-state index in [1.165, 1.54) is 0 Å². The molecule has 0 saturated carbocycles. The van der Waals surface area contributed by atoms with E-state index in [1.807, 2.05) is 35.4 Å². The van der Waals surface area contributed by atoms with Crippen LogP contribution in [-0.4, -0.2) is 61.5 Å². The minimum absolute atomic E-state index is 0.238. The van der Waals surface area contributed by atoms with E-state index in [9.17, 15) is 9.59 Å². The fourth-order valence-corrected chi connectivity index (χ4v) is 3.65. The maximum atomic E-state index is 12.9. The summed E-state index contributed by atoms with van der Waals surface area (Å²) in [5.74, 6) is 0.0179. The van der Waals surface area contributed by atoms with Crippen LogP contribution in [0.4, 0.5) is 0 Å². The summed E-state index contributed by atoms with van der Waals surface area (Å²) < 4.78 is 5.32. The molecule has 3 rings (SSSR count). The van der Waals surface area contributed by atoms with Crippen LogP contribution >= 0.6 is 11.6 Å². The Morgan fingerprint density at radius 3 is 2.62 bits per heavy atom. The number of hydrogen-bond acceptors (Lipinski definition) is 5. The minimum Gasteiger partial charge on any atom is -0.388 e. The quantitative estimate of drug-likeness (QED) is 0.297. The van der Waals surface area contributed by atoms with Crippen molar-refractivity contribution in [3.63, 3.8) is 0 Å². The van der Waals surface area contributed by atoms with Gasteiger partial charge in [-0.2, -0.15) is 0 Å². The highest BCUT2D eigenvalue weighted by molar-refractivity contribution is 6.30. The van der Waals surface area contributed by atoms with Crippen LogP contribution in [0.1, 0.15) is 31.7 Å². The second-order valence-corrected chi connectivity index (χ2v) is 8.27. The van der Waals surface area contributed by atoms with E-state index >= 15 is 0 Å². The van der Waals surface area contributed by atoms with Gasteiger partial charge in [-0.25, -0.2) is 5.01 Å². The van der Waals surface area contributed by atoms with Gasteiger partial charge in [0, 0.05) is 36.7 Å². The lowest BCUT2D eigenvalue weighted by atomic mass is 10.0. The summed E-state index contributed by atoms with van der Waals surface area (Å²) in [6.07, 6.45) is 5.33. The highest BCUT2D eigenvalue weighted by Gasteiger charge is 2.25. The first-order valence-corrected chi connectivity index (χ1v) is 11.2. The molecule has 8 nitrogen and oxygen atoms in total. The molecular weight excluding hydrogens is 430 g/mol. The lowest BCUT2D eigenvalue weighted by Crippen LogP contribution is -2.55. The molecule has 0 spiro atoms. The highest BCUT2D eigenvalue weighted by atomic mass is 35.5. The molecule has 172 valence electrons. The van der Waals surface area contributed by atoms with Gasteiger partial charge in [-0.3, -0.25) is 20.0 Å². The van der Waals surface area contributed by atoms with Crippen molar-refractivity contribution < 1.29 is 14.3 Å². The van der Waals surface area contributed by atoms with Gasteiger partial charge in [-0.1, -0.05) is 35.9 Å². The van der Waals surface area contributed by atoms with Crippen LogP contribution in [-0.2, 0) is 14.3 Å². The fourth-order valence-electron chi connectivity index (χ4n) is 3.52. The molecule has 9 heteroatoms. The van der Waals surface area contributed by atoms with Crippen molar-refractivity contribution in [2.75, 3.05) is 32.8 Å². The predicted octanol–water partition coefficient (Wildman–Crippen LogP) is 2.06. The summed E-state index contributed by atoms with van der Waals surface area (Å²) in [6, 6.07) is 6.85. The van der Waals surface area contributed by atoms with E-state index in [4.69, 9.17) is 22.1 Å². The maximum Gasteiger partial charge on any atom is 0.256 e. The van der Waals surface area contributed by atoms with Crippen LogP contribution < -0.4 is 16.5 Å². The smallest absolute Gasteiger partial charge is 0.256 e. The van der Waals surface area contributed by atoms with E-state index < -0.39 is 6.04 Å². The number of morpholine rings is 1. The van der Waals surface area contributed by atoms with Crippen molar-refractivity contribution in [2.24, 2.45) is 10.7 Å². The van der Waals surface area contributed by atoms with Crippen molar-refractivity contribution in [3.8, 4) is 0 Å². The van der Waals surface area contributed by atoms with Crippen molar-refractivity contribution in [3.05, 3.63) is 52.6 Å². The molecule has 1 aromatic rings. The number of rotatable bonds is 9. The SMILES string of the molecule is CC(N)=NCCCC(NC(=O)C1=CC=C(c2ccc(Cl)cc2)C1)C(=O)NN1CCOCC1. The summed E-state index contributed by atoms with van der Waals surface area (Å²) in [4.78, 5) is 30.0. The van der Waals surface area contributed by atoms with Crippen LogP contribution in [0.25, 0.3) is 5.57 Å². The Hall–Kier alpha value is -2.68. The van der Waals surface area contributed by atoms with Crippen LogP contribution in [0.5, 0.6) is 0 Å². The molecule has 1 aliphatic carbocycles. The fraction of sp³-hybridized carbons (Fsp3) is 0.435. The first-order chi connectivity index (χ1) is 15.4. The van der Waals surface area contributed by atoms with Gasteiger partial charge in [0.05, 0.1) is 19.0 Å². The summed E-state index contributed by atoms with van der Waals surface area (Å²) in [5, 5.41) is 5.40. The number of carbonyl (C=O) groups excluding carboxylic acids is 2. The molecule has 1 aliphatic heterocycles. The van der Waals surface area contributed by atoms with Crippen LogP contribution in [0.15, 0.2) is 47.0 Å². The summed E-state index contributed by atoms with van der Waals surface area (Å²) in [5.41, 5.74) is 11.2. The average molecular weight is 460 g/mol. The molecule has 1 heterocycles. The second kappa shape index (κ2) is 11.8. The van der Waals surface area contributed by atoms with Gasteiger partial charge in [0.15, 0.2) is 0 Å². The molecule has 1 unspecified atom stereocenters. The van der Waals surface area contributed by atoms with Crippen molar-refractivity contribution in [2.45, 2.75) is 32.2 Å². The van der Waals surface area contributed by atoms with Crippen molar-refractivity contribution >= 4 is 34.8 Å². The van der Waals surface area contributed by atoms with Gasteiger partial charge in [0.1, 0.15) is 6.04 Å². The first kappa shape index (κ1) is 24.0. The molecule has 0 radical (unpaired) electrons. The molecule has 0 bridgehead atoms. The van der Waals surface area contributed by atoms with Gasteiger partial charge in [0.2, 0.25) is 5.91 Å².